The van der Waals surface area contributed by atoms with Gasteiger partial charge in [-0.2, -0.15) is 0 Å². The van der Waals surface area contributed by atoms with Gasteiger partial charge in [-0.1, -0.05) is 24.1 Å². The van der Waals surface area contributed by atoms with Crippen molar-refractivity contribution in [2.24, 2.45) is 5.92 Å². The van der Waals surface area contributed by atoms with E-state index >= 15 is 0 Å². The van der Waals surface area contributed by atoms with Gasteiger partial charge in [0.1, 0.15) is 11.6 Å². The van der Waals surface area contributed by atoms with Gasteiger partial charge in [0.05, 0.1) is 16.8 Å². The fourth-order valence-corrected chi connectivity index (χ4v) is 4.05. The number of hydrogen-bond donors (Lipinski definition) is 2. The molecule has 1 fully saturated rings. The normalized spacial score (nSPS) is 19.7. The molecule has 0 saturated heterocycles. The van der Waals surface area contributed by atoms with Crippen LogP contribution in [0.3, 0.4) is 0 Å². The lowest BCUT2D eigenvalue weighted by molar-refractivity contribution is -0.138. The summed E-state index contributed by atoms with van der Waals surface area (Å²) in [6, 6.07) is 4.22. The Morgan fingerprint density at radius 1 is 1.37 bits per heavy atom. The topological polar surface area (TPSA) is 79.5 Å². The van der Waals surface area contributed by atoms with Crippen LogP contribution in [0.25, 0.3) is 11.1 Å². The van der Waals surface area contributed by atoms with Crippen LogP contribution in [0.2, 0.25) is 5.02 Å². The van der Waals surface area contributed by atoms with Crippen LogP contribution in [0.15, 0.2) is 28.9 Å². The van der Waals surface area contributed by atoms with E-state index in [0.29, 0.717) is 17.7 Å². The third kappa shape index (κ3) is 4.33. The molecule has 7 heteroatoms. The van der Waals surface area contributed by atoms with Gasteiger partial charge >= 0.3 is 5.97 Å². The third-order valence-corrected chi connectivity index (χ3v) is 5.33. The predicted molar refractivity (Wildman–Crippen MR) is 99.3 cm³/mol. The summed E-state index contributed by atoms with van der Waals surface area (Å²) in [4.78, 5) is 23.8. The Balaban J connectivity index is 1.82. The zero-order valence-corrected chi connectivity index (χ0v) is 15.7. The van der Waals surface area contributed by atoms with Crippen LogP contribution in [0.4, 0.5) is 4.39 Å². The van der Waals surface area contributed by atoms with Crippen LogP contribution in [0.1, 0.15) is 48.2 Å². The van der Waals surface area contributed by atoms with Gasteiger partial charge < -0.3 is 14.8 Å². The highest BCUT2D eigenvalue weighted by Gasteiger charge is 2.28. The second kappa shape index (κ2) is 8.13. The van der Waals surface area contributed by atoms with Gasteiger partial charge in [-0.15, -0.1) is 0 Å². The van der Waals surface area contributed by atoms with Crippen molar-refractivity contribution < 1.29 is 23.5 Å². The fourth-order valence-electron chi connectivity index (χ4n) is 3.79. The van der Waals surface area contributed by atoms with Crippen LogP contribution in [0.5, 0.6) is 0 Å². The van der Waals surface area contributed by atoms with E-state index in [9.17, 15) is 14.0 Å². The van der Waals surface area contributed by atoms with Gasteiger partial charge in [-0.25, -0.2) is 4.39 Å². The maximum atomic E-state index is 14.3. The van der Waals surface area contributed by atoms with E-state index in [0.717, 1.165) is 19.3 Å². The smallest absolute Gasteiger partial charge is 0.303 e. The number of carboxylic acid groups (broad SMARTS) is 1. The molecule has 3 rings (SSSR count). The molecule has 2 atom stereocenters. The summed E-state index contributed by atoms with van der Waals surface area (Å²) in [5.41, 5.74) is 0.696. The van der Waals surface area contributed by atoms with E-state index in [1.165, 1.54) is 18.4 Å². The quantitative estimate of drug-likeness (QED) is 0.763. The lowest BCUT2D eigenvalue weighted by atomic mass is 9.83. The predicted octanol–water partition coefficient (Wildman–Crippen LogP) is 4.81. The molecule has 1 aromatic carbocycles. The molecule has 2 aromatic rings. The van der Waals surface area contributed by atoms with Crippen molar-refractivity contribution in [1.82, 2.24) is 5.32 Å². The molecule has 0 radical (unpaired) electrons. The molecule has 0 unspecified atom stereocenters. The van der Waals surface area contributed by atoms with Crippen LogP contribution in [-0.2, 0) is 4.79 Å². The van der Waals surface area contributed by atoms with E-state index in [2.05, 4.69) is 5.32 Å². The second-order valence-electron chi connectivity index (χ2n) is 6.98. The van der Waals surface area contributed by atoms with Crippen LogP contribution >= 0.6 is 11.6 Å². The number of amides is 1. The van der Waals surface area contributed by atoms with Crippen molar-refractivity contribution in [3.05, 3.63) is 46.6 Å². The third-order valence-electron chi connectivity index (χ3n) is 5.02. The Kier molecular flexibility index (Phi) is 5.85. The van der Waals surface area contributed by atoms with Gasteiger partial charge in [0.15, 0.2) is 0 Å². The average Bonchev–Trinajstić information content (AvgIpc) is 2.96. The molecule has 0 aliphatic heterocycles. The summed E-state index contributed by atoms with van der Waals surface area (Å²) in [5, 5.41) is 12.1. The highest BCUT2D eigenvalue weighted by Crippen LogP contribution is 2.35. The van der Waals surface area contributed by atoms with E-state index < -0.39 is 11.8 Å². The summed E-state index contributed by atoms with van der Waals surface area (Å²) in [5.74, 6) is -1.30. The summed E-state index contributed by atoms with van der Waals surface area (Å²) in [6.45, 7) is 1.64. The molecule has 1 aromatic heterocycles. The Labute approximate surface area is 161 Å². The molecule has 0 spiro atoms. The molecule has 2 N–H and O–H groups in total. The minimum Gasteiger partial charge on any atom is -0.481 e. The van der Waals surface area contributed by atoms with Crippen molar-refractivity contribution >= 4 is 23.5 Å². The average molecular weight is 394 g/mol. The van der Waals surface area contributed by atoms with Crippen molar-refractivity contribution in [1.29, 1.82) is 0 Å². The molecular formula is C20H21ClFNO4. The summed E-state index contributed by atoms with van der Waals surface area (Å²) in [7, 11) is 0. The highest BCUT2D eigenvalue weighted by molar-refractivity contribution is 6.33. The number of furan rings is 1. The molecule has 27 heavy (non-hydrogen) atoms. The van der Waals surface area contributed by atoms with Crippen molar-refractivity contribution in [3.8, 4) is 11.1 Å². The SMILES string of the molecule is Cc1occ(-c2c(F)cccc2Cl)c1C(=O)N[C@H]1CCC[C@@H](CC(=O)O)C1. The first-order chi connectivity index (χ1) is 12.9. The molecule has 144 valence electrons. The number of aryl methyl sites for hydroxylation is 1. The van der Waals surface area contributed by atoms with Crippen LogP contribution < -0.4 is 5.32 Å². The number of benzene rings is 1. The highest BCUT2D eigenvalue weighted by atomic mass is 35.5. The van der Waals surface area contributed by atoms with Gasteiger partial charge in [-0.05, 0) is 44.2 Å². The number of carboxylic acids is 1. The fraction of sp³-hybridized carbons (Fsp3) is 0.400. The lowest BCUT2D eigenvalue weighted by Gasteiger charge is -2.29. The van der Waals surface area contributed by atoms with Crippen molar-refractivity contribution in [2.45, 2.75) is 45.1 Å². The monoisotopic (exact) mass is 393 g/mol. The van der Waals surface area contributed by atoms with Crippen LogP contribution in [-0.4, -0.2) is 23.0 Å². The van der Waals surface area contributed by atoms with E-state index in [1.54, 1.807) is 13.0 Å². The van der Waals surface area contributed by atoms with Gasteiger partial charge in [0, 0.05) is 23.6 Å². The lowest BCUT2D eigenvalue weighted by Crippen LogP contribution is -2.39. The Morgan fingerprint density at radius 2 is 2.15 bits per heavy atom. The maximum Gasteiger partial charge on any atom is 0.303 e. The standard InChI is InChI=1S/C20H21ClFNO4/c1-11-18(14(10-27-11)19-15(21)6-3-7-16(19)22)20(26)23-13-5-2-4-12(8-13)9-17(24)25/h3,6-7,10,12-13H,2,4-5,8-9H2,1H3,(H,23,26)(H,24,25)/t12-,13+/m1/s1. The minimum atomic E-state index is -0.825. The number of rotatable bonds is 5. The van der Waals surface area contributed by atoms with Crippen molar-refractivity contribution in [2.75, 3.05) is 0 Å². The number of carbonyl (C=O) groups excluding carboxylic acids is 1. The molecule has 1 amide bonds. The molecule has 1 saturated carbocycles. The Bertz CT molecular complexity index is 843. The van der Waals surface area contributed by atoms with E-state index in [1.807, 2.05) is 0 Å². The number of carbonyl (C=O) groups is 2. The maximum absolute atomic E-state index is 14.3. The molecule has 1 aliphatic rings. The molecule has 1 aliphatic carbocycles. The minimum absolute atomic E-state index is 0.0486. The number of hydrogen-bond acceptors (Lipinski definition) is 3. The van der Waals surface area contributed by atoms with Gasteiger partial charge in [-0.3, -0.25) is 9.59 Å². The number of nitrogens with one attached hydrogen (secondary N) is 1. The molecule has 5 nitrogen and oxygen atoms in total. The Morgan fingerprint density at radius 3 is 2.85 bits per heavy atom. The first-order valence-electron chi connectivity index (χ1n) is 8.92. The number of aliphatic carboxylic acids is 1. The first kappa shape index (κ1) is 19.4. The summed E-state index contributed by atoms with van der Waals surface area (Å²) in [6.07, 6.45) is 4.55. The molecule has 0 bridgehead atoms. The van der Waals surface area contributed by atoms with Crippen molar-refractivity contribution in [3.63, 3.8) is 0 Å². The van der Waals surface area contributed by atoms with E-state index in [-0.39, 0.29) is 40.4 Å². The zero-order valence-electron chi connectivity index (χ0n) is 14.9. The zero-order chi connectivity index (χ0) is 19.6. The summed E-state index contributed by atoms with van der Waals surface area (Å²) >= 11 is 6.14. The molecular weight excluding hydrogens is 373 g/mol. The summed E-state index contributed by atoms with van der Waals surface area (Å²) < 4.78 is 19.7. The number of halogens is 2. The van der Waals surface area contributed by atoms with Crippen LogP contribution in [0, 0.1) is 18.7 Å². The largest absolute Gasteiger partial charge is 0.481 e. The van der Waals surface area contributed by atoms with E-state index in [4.69, 9.17) is 21.1 Å². The van der Waals surface area contributed by atoms with Gasteiger partial charge in [0.25, 0.3) is 5.91 Å². The molecule has 1 heterocycles. The second-order valence-corrected chi connectivity index (χ2v) is 7.39. The van der Waals surface area contributed by atoms with Gasteiger partial charge in [0.2, 0.25) is 0 Å². The first-order valence-corrected chi connectivity index (χ1v) is 9.29. The Hall–Kier alpha value is -2.34.